The van der Waals surface area contributed by atoms with Crippen LogP contribution < -0.4 is 5.32 Å². The summed E-state index contributed by atoms with van der Waals surface area (Å²) in [4.78, 5) is 0. The van der Waals surface area contributed by atoms with Gasteiger partial charge in [0.15, 0.2) is 0 Å². The van der Waals surface area contributed by atoms with Crippen LogP contribution in [0, 0.1) is 6.92 Å². The standard InChI is InChI=1S/C10H13N.C10H12.C9H10/c1-11-10-5-3-2-4-9(10)8-6-7-8;1-8-2-4-9(5-3-8)10-6-7-10;1-2-4-8(5-3-1)9-6-7-9/h2-5,8,11H,6-7H2,1H3;2-5,10H,6-7H2,1H3;1-5,9H,6-7H2. The van der Waals surface area contributed by atoms with E-state index in [4.69, 9.17) is 0 Å². The van der Waals surface area contributed by atoms with Crippen LogP contribution in [0.3, 0.4) is 0 Å². The van der Waals surface area contributed by atoms with Gasteiger partial charge in [0.1, 0.15) is 0 Å². The largest absolute Gasteiger partial charge is 0.388 e. The van der Waals surface area contributed by atoms with E-state index in [9.17, 15) is 0 Å². The second-order valence-electron chi connectivity index (χ2n) is 8.98. The van der Waals surface area contributed by atoms with Crippen LogP contribution in [0.5, 0.6) is 0 Å². The van der Waals surface area contributed by atoms with Crippen molar-refractivity contribution >= 4 is 5.69 Å². The molecule has 0 heterocycles. The van der Waals surface area contributed by atoms with E-state index in [2.05, 4.69) is 91.1 Å². The average Bonchev–Trinajstić information content (AvgIpc) is 3.67. The fourth-order valence-electron chi connectivity index (χ4n) is 3.87. The van der Waals surface area contributed by atoms with Crippen molar-refractivity contribution in [2.75, 3.05) is 12.4 Å². The second kappa shape index (κ2) is 9.98. The summed E-state index contributed by atoms with van der Waals surface area (Å²) in [6, 6.07) is 28.2. The van der Waals surface area contributed by atoms with Crippen LogP contribution in [-0.2, 0) is 0 Å². The molecule has 30 heavy (non-hydrogen) atoms. The van der Waals surface area contributed by atoms with Crippen LogP contribution in [0.2, 0.25) is 0 Å². The number of nitrogens with one attached hydrogen (secondary N) is 1. The maximum Gasteiger partial charge on any atom is 0.0372 e. The summed E-state index contributed by atoms with van der Waals surface area (Å²) in [5.41, 5.74) is 7.22. The van der Waals surface area contributed by atoms with Crippen molar-refractivity contribution in [3.63, 3.8) is 0 Å². The van der Waals surface area contributed by atoms with Gasteiger partial charge in [0.2, 0.25) is 0 Å². The van der Waals surface area contributed by atoms with Crippen LogP contribution in [0.15, 0.2) is 78.9 Å². The molecule has 0 amide bonds. The average molecular weight is 398 g/mol. The van der Waals surface area contributed by atoms with E-state index in [0.717, 1.165) is 17.8 Å². The summed E-state index contributed by atoms with van der Waals surface area (Å²) in [6.45, 7) is 2.14. The third kappa shape index (κ3) is 6.23. The minimum atomic E-state index is 0.846. The van der Waals surface area contributed by atoms with E-state index < -0.39 is 0 Å². The molecule has 156 valence electrons. The number of hydrogen-bond acceptors (Lipinski definition) is 1. The van der Waals surface area contributed by atoms with Gasteiger partial charge in [-0.05, 0) is 86.0 Å². The molecule has 6 rings (SSSR count). The summed E-state index contributed by atoms with van der Waals surface area (Å²) in [5, 5.41) is 3.22. The van der Waals surface area contributed by atoms with Gasteiger partial charge >= 0.3 is 0 Å². The van der Waals surface area contributed by atoms with E-state index in [-0.39, 0.29) is 0 Å². The molecule has 3 aromatic rings. The van der Waals surface area contributed by atoms with Gasteiger partial charge in [-0.3, -0.25) is 0 Å². The maximum absolute atomic E-state index is 3.22. The summed E-state index contributed by atoms with van der Waals surface area (Å²) in [7, 11) is 1.99. The molecule has 0 aliphatic heterocycles. The Morgan fingerprint density at radius 1 is 0.567 bits per heavy atom. The number of anilines is 1. The molecule has 0 spiro atoms. The summed E-state index contributed by atoms with van der Waals surface area (Å²) >= 11 is 0. The highest BCUT2D eigenvalue weighted by Gasteiger charge is 2.25. The van der Waals surface area contributed by atoms with E-state index in [1.54, 1.807) is 0 Å². The smallest absolute Gasteiger partial charge is 0.0372 e. The van der Waals surface area contributed by atoms with Gasteiger partial charge in [-0.1, -0.05) is 78.4 Å². The molecule has 0 atom stereocenters. The first kappa shape index (κ1) is 20.7. The van der Waals surface area contributed by atoms with Gasteiger partial charge in [0.05, 0.1) is 0 Å². The topological polar surface area (TPSA) is 12.0 Å². The number of para-hydroxylation sites is 1. The van der Waals surface area contributed by atoms with Gasteiger partial charge < -0.3 is 5.32 Å². The van der Waals surface area contributed by atoms with Gasteiger partial charge in [-0.25, -0.2) is 0 Å². The summed E-state index contributed by atoms with van der Waals surface area (Å²) < 4.78 is 0. The third-order valence-electron chi connectivity index (χ3n) is 6.22. The Morgan fingerprint density at radius 2 is 1.07 bits per heavy atom. The minimum Gasteiger partial charge on any atom is -0.388 e. The van der Waals surface area contributed by atoms with Crippen molar-refractivity contribution in [1.82, 2.24) is 0 Å². The zero-order chi connectivity index (χ0) is 20.8. The molecule has 3 aliphatic rings. The fraction of sp³-hybridized carbons (Fsp3) is 0.379. The highest BCUT2D eigenvalue weighted by atomic mass is 14.8. The van der Waals surface area contributed by atoms with Gasteiger partial charge in [0.25, 0.3) is 0 Å². The third-order valence-corrected chi connectivity index (χ3v) is 6.22. The Bertz CT molecular complexity index is 901. The van der Waals surface area contributed by atoms with Gasteiger partial charge in [-0.2, -0.15) is 0 Å². The molecule has 1 N–H and O–H groups in total. The summed E-state index contributed by atoms with van der Waals surface area (Å²) in [6.07, 6.45) is 8.37. The molecule has 0 unspecified atom stereocenters. The number of aryl methyl sites for hydroxylation is 1. The maximum atomic E-state index is 3.22. The summed E-state index contributed by atoms with van der Waals surface area (Å²) in [5.74, 6) is 2.66. The Labute approximate surface area is 182 Å². The van der Waals surface area contributed by atoms with Gasteiger partial charge in [-0.15, -0.1) is 0 Å². The normalized spacial score (nSPS) is 17.1. The molecular formula is C29H35N. The Kier molecular flexibility index (Phi) is 6.89. The van der Waals surface area contributed by atoms with Crippen molar-refractivity contribution in [1.29, 1.82) is 0 Å². The Balaban J connectivity index is 0.000000109. The quantitative estimate of drug-likeness (QED) is 0.469. The SMILES string of the molecule is CNc1ccccc1C1CC1.Cc1ccc(C2CC2)cc1.c1ccc(C2CC2)cc1. The lowest BCUT2D eigenvalue weighted by Crippen LogP contribution is -1.92. The lowest BCUT2D eigenvalue weighted by Gasteiger charge is -2.06. The monoisotopic (exact) mass is 397 g/mol. The predicted octanol–water partition coefficient (Wildman–Crippen LogP) is 8.04. The first-order chi connectivity index (χ1) is 14.7. The van der Waals surface area contributed by atoms with E-state index in [1.807, 2.05) is 7.05 Å². The zero-order valence-corrected chi connectivity index (χ0v) is 18.5. The van der Waals surface area contributed by atoms with Crippen LogP contribution in [0.4, 0.5) is 5.69 Å². The number of hydrogen-bond donors (Lipinski definition) is 1. The van der Waals surface area contributed by atoms with E-state index in [1.165, 1.54) is 66.5 Å². The van der Waals surface area contributed by atoms with Crippen molar-refractivity contribution in [3.8, 4) is 0 Å². The molecular weight excluding hydrogens is 362 g/mol. The van der Waals surface area contributed by atoms with E-state index in [0.29, 0.717) is 0 Å². The molecule has 3 aromatic carbocycles. The molecule has 1 nitrogen and oxygen atoms in total. The first-order valence-electron chi connectivity index (χ1n) is 11.6. The number of benzene rings is 3. The van der Waals surface area contributed by atoms with Crippen LogP contribution in [0.1, 0.15) is 78.5 Å². The fourth-order valence-corrected chi connectivity index (χ4v) is 3.87. The van der Waals surface area contributed by atoms with E-state index >= 15 is 0 Å². The molecule has 3 fully saturated rings. The highest BCUT2D eigenvalue weighted by molar-refractivity contribution is 5.53. The number of rotatable bonds is 4. The van der Waals surface area contributed by atoms with Crippen LogP contribution in [0.25, 0.3) is 0 Å². The van der Waals surface area contributed by atoms with Gasteiger partial charge in [0, 0.05) is 12.7 Å². The lowest BCUT2D eigenvalue weighted by atomic mass is 10.1. The predicted molar refractivity (Wildman–Crippen MR) is 130 cm³/mol. The first-order valence-corrected chi connectivity index (χ1v) is 11.6. The highest BCUT2D eigenvalue weighted by Crippen LogP contribution is 2.43. The van der Waals surface area contributed by atoms with Crippen LogP contribution >= 0.6 is 0 Å². The minimum absolute atomic E-state index is 0.846. The van der Waals surface area contributed by atoms with Crippen molar-refractivity contribution in [2.24, 2.45) is 0 Å². The molecule has 0 saturated heterocycles. The molecule has 0 aromatic heterocycles. The molecule has 3 saturated carbocycles. The molecule has 1 heteroatoms. The Morgan fingerprint density at radius 3 is 1.60 bits per heavy atom. The lowest BCUT2D eigenvalue weighted by molar-refractivity contribution is 1.13. The second-order valence-corrected chi connectivity index (χ2v) is 8.98. The van der Waals surface area contributed by atoms with Crippen molar-refractivity contribution < 1.29 is 0 Å². The molecule has 3 aliphatic carbocycles. The molecule has 0 bridgehead atoms. The Hall–Kier alpha value is -2.54. The molecule has 0 radical (unpaired) electrons. The van der Waals surface area contributed by atoms with Crippen molar-refractivity contribution in [2.45, 2.75) is 63.2 Å². The zero-order valence-electron chi connectivity index (χ0n) is 18.5. The van der Waals surface area contributed by atoms with Crippen molar-refractivity contribution in [3.05, 3.63) is 101 Å². The van der Waals surface area contributed by atoms with Crippen LogP contribution in [-0.4, -0.2) is 7.05 Å².